The molecule has 0 aliphatic rings. The van der Waals surface area contributed by atoms with Crippen LogP contribution in [0.1, 0.15) is 43.0 Å². The number of amides is 1. The number of hydrogen-bond donors (Lipinski definition) is 1. The molecule has 0 saturated carbocycles. The Bertz CT molecular complexity index is 575. The lowest BCUT2D eigenvalue weighted by atomic mass is 10.2. The molecule has 0 atom stereocenters. The molecule has 1 N–H and O–H groups in total. The summed E-state index contributed by atoms with van der Waals surface area (Å²) in [5.74, 6) is -1.42. The highest BCUT2D eigenvalue weighted by Crippen LogP contribution is 2.18. The first-order chi connectivity index (χ1) is 9.36. The van der Waals surface area contributed by atoms with Gasteiger partial charge >= 0.3 is 0 Å². The van der Waals surface area contributed by atoms with Crippen LogP contribution < -0.4 is 5.32 Å². The van der Waals surface area contributed by atoms with Crippen LogP contribution in [0.2, 0.25) is 0 Å². The summed E-state index contributed by atoms with van der Waals surface area (Å²) in [5, 5.41) is 2.56. The van der Waals surface area contributed by atoms with Gasteiger partial charge < -0.3 is 5.32 Å². The average Bonchev–Trinajstić information content (AvgIpc) is 2.37. The van der Waals surface area contributed by atoms with Crippen molar-refractivity contribution in [2.24, 2.45) is 0 Å². The lowest BCUT2D eigenvalue weighted by Crippen LogP contribution is -2.25. The molecule has 7 heteroatoms. The van der Waals surface area contributed by atoms with E-state index in [1.54, 1.807) is 0 Å². The van der Waals surface area contributed by atoms with Gasteiger partial charge in [-0.3, -0.25) is 4.79 Å². The Morgan fingerprint density at radius 1 is 1.30 bits per heavy atom. The maximum atomic E-state index is 13.5. The van der Waals surface area contributed by atoms with Gasteiger partial charge in [0.1, 0.15) is 5.82 Å². The van der Waals surface area contributed by atoms with Crippen LogP contribution in [0.25, 0.3) is 0 Å². The molecule has 0 bridgehead atoms. The third-order valence-corrected chi connectivity index (χ3v) is 4.13. The lowest BCUT2D eigenvalue weighted by Gasteiger charge is -2.07. The molecule has 4 nitrogen and oxygen atoms in total. The van der Waals surface area contributed by atoms with E-state index in [0.717, 1.165) is 43.9 Å². The Kier molecular flexibility index (Phi) is 6.42. The summed E-state index contributed by atoms with van der Waals surface area (Å²) in [6.45, 7) is 2.50. The Hall–Kier alpha value is -1.14. The van der Waals surface area contributed by atoms with E-state index >= 15 is 0 Å². The van der Waals surface area contributed by atoms with Crippen LogP contribution in [0.15, 0.2) is 23.1 Å². The fourth-order valence-electron chi connectivity index (χ4n) is 1.68. The molecule has 1 amide bonds. The second-order valence-corrected chi connectivity index (χ2v) is 6.96. The number of nitrogens with one attached hydrogen (secondary N) is 1. The van der Waals surface area contributed by atoms with Gasteiger partial charge in [-0.05, 0) is 24.6 Å². The zero-order valence-corrected chi connectivity index (χ0v) is 12.7. The van der Waals surface area contributed by atoms with Crippen molar-refractivity contribution in [3.63, 3.8) is 0 Å². The molecule has 0 heterocycles. The highest BCUT2D eigenvalue weighted by molar-refractivity contribution is 8.13. The zero-order chi connectivity index (χ0) is 15.2. The number of carbonyl (C=O) groups is 1. The van der Waals surface area contributed by atoms with Gasteiger partial charge in [0.2, 0.25) is 0 Å². The van der Waals surface area contributed by atoms with Gasteiger partial charge in [0.15, 0.2) is 0 Å². The van der Waals surface area contributed by atoms with Crippen LogP contribution in [0.3, 0.4) is 0 Å². The second-order valence-electron chi connectivity index (χ2n) is 4.40. The first-order valence-electron chi connectivity index (χ1n) is 6.38. The van der Waals surface area contributed by atoms with Crippen molar-refractivity contribution in [1.82, 2.24) is 5.32 Å². The van der Waals surface area contributed by atoms with Gasteiger partial charge in [-0.1, -0.05) is 26.2 Å². The molecular weight excluding hydrogens is 305 g/mol. The van der Waals surface area contributed by atoms with E-state index < -0.39 is 20.8 Å². The Balaban J connectivity index is 2.72. The minimum atomic E-state index is -3.98. The van der Waals surface area contributed by atoms with Gasteiger partial charge in [-0.25, -0.2) is 12.8 Å². The SMILES string of the molecule is CCCCCCNC(=O)c1cc(S(=O)(=O)Cl)ccc1F. The van der Waals surface area contributed by atoms with E-state index in [2.05, 4.69) is 12.2 Å². The molecule has 1 aromatic rings. The van der Waals surface area contributed by atoms with Crippen molar-refractivity contribution in [3.05, 3.63) is 29.6 Å². The number of benzene rings is 1. The summed E-state index contributed by atoms with van der Waals surface area (Å²) in [5.41, 5.74) is -0.317. The van der Waals surface area contributed by atoms with Crippen LogP contribution in [-0.4, -0.2) is 20.9 Å². The summed E-state index contributed by atoms with van der Waals surface area (Å²) in [6, 6.07) is 2.88. The minimum Gasteiger partial charge on any atom is -0.352 e. The lowest BCUT2D eigenvalue weighted by molar-refractivity contribution is 0.0948. The first-order valence-corrected chi connectivity index (χ1v) is 8.69. The zero-order valence-electron chi connectivity index (χ0n) is 11.2. The third kappa shape index (κ3) is 5.09. The summed E-state index contributed by atoms with van der Waals surface area (Å²) >= 11 is 0. The van der Waals surface area contributed by atoms with Crippen molar-refractivity contribution < 1.29 is 17.6 Å². The molecule has 0 fully saturated rings. The largest absolute Gasteiger partial charge is 0.352 e. The van der Waals surface area contributed by atoms with E-state index in [4.69, 9.17) is 10.7 Å². The molecule has 0 saturated heterocycles. The van der Waals surface area contributed by atoms with Gasteiger partial charge in [-0.2, -0.15) is 0 Å². The van der Waals surface area contributed by atoms with Crippen LogP contribution in [0.5, 0.6) is 0 Å². The van der Waals surface area contributed by atoms with Crippen molar-refractivity contribution in [2.75, 3.05) is 6.54 Å². The molecule has 0 aliphatic heterocycles. The summed E-state index contributed by atoms with van der Waals surface area (Å²) in [4.78, 5) is 11.5. The maximum Gasteiger partial charge on any atom is 0.261 e. The van der Waals surface area contributed by atoms with Crippen molar-refractivity contribution in [2.45, 2.75) is 37.5 Å². The molecule has 1 aromatic carbocycles. The van der Waals surface area contributed by atoms with Crippen LogP contribution >= 0.6 is 10.7 Å². The monoisotopic (exact) mass is 321 g/mol. The molecule has 0 spiro atoms. The predicted molar refractivity (Wildman–Crippen MR) is 75.9 cm³/mol. The summed E-state index contributed by atoms with van der Waals surface area (Å²) < 4.78 is 35.9. The van der Waals surface area contributed by atoms with Gasteiger partial charge in [0.25, 0.3) is 15.0 Å². The fraction of sp³-hybridized carbons (Fsp3) is 0.462. The molecule has 0 aliphatic carbocycles. The number of rotatable bonds is 7. The number of unbranched alkanes of at least 4 members (excludes halogenated alkanes) is 3. The van der Waals surface area contributed by atoms with Crippen LogP contribution in [0, 0.1) is 5.82 Å². The third-order valence-electron chi connectivity index (χ3n) is 2.78. The van der Waals surface area contributed by atoms with Gasteiger partial charge in [0, 0.05) is 17.2 Å². The standard InChI is InChI=1S/C13H17ClFNO3S/c1-2-3-4-5-8-16-13(17)11-9-10(20(14,18)19)6-7-12(11)15/h6-7,9H,2-5,8H2,1H3,(H,16,17). The minimum absolute atomic E-state index is 0.295. The Morgan fingerprint density at radius 3 is 2.60 bits per heavy atom. The van der Waals surface area contributed by atoms with Crippen LogP contribution in [0.4, 0.5) is 4.39 Å². The maximum absolute atomic E-state index is 13.5. The summed E-state index contributed by atoms with van der Waals surface area (Å²) in [6.07, 6.45) is 3.94. The highest BCUT2D eigenvalue weighted by Gasteiger charge is 2.17. The van der Waals surface area contributed by atoms with Crippen molar-refractivity contribution in [3.8, 4) is 0 Å². The average molecular weight is 322 g/mol. The van der Waals surface area contributed by atoms with Crippen molar-refractivity contribution >= 4 is 25.6 Å². The molecule has 20 heavy (non-hydrogen) atoms. The molecular formula is C13H17ClFNO3S. The predicted octanol–water partition coefficient (Wildman–Crippen LogP) is 3.06. The topological polar surface area (TPSA) is 63.2 Å². The molecule has 0 radical (unpaired) electrons. The highest BCUT2D eigenvalue weighted by atomic mass is 35.7. The van der Waals surface area contributed by atoms with E-state index in [1.807, 2.05) is 0 Å². The smallest absolute Gasteiger partial charge is 0.261 e. The molecule has 0 unspecified atom stereocenters. The second kappa shape index (κ2) is 7.59. The Morgan fingerprint density at radius 2 is 2.00 bits per heavy atom. The number of carbonyl (C=O) groups excluding carboxylic acids is 1. The van der Waals surface area contributed by atoms with E-state index in [-0.39, 0.29) is 10.5 Å². The Labute approximate surface area is 122 Å². The van der Waals surface area contributed by atoms with Gasteiger partial charge in [0.05, 0.1) is 10.5 Å². The number of halogens is 2. The quantitative estimate of drug-likeness (QED) is 0.620. The van der Waals surface area contributed by atoms with Gasteiger partial charge in [-0.15, -0.1) is 0 Å². The van der Waals surface area contributed by atoms with E-state index in [9.17, 15) is 17.6 Å². The van der Waals surface area contributed by atoms with Crippen molar-refractivity contribution in [1.29, 1.82) is 0 Å². The van der Waals surface area contributed by atoms with E-state index in [0.29, 0.717) is 6.54 Å². The van der Waals surface area contributed by atoms with E-state index in [1.165, 1.54) is 0 Å². The fourth-order valence-corrected chi connectivity index (χ4v) is 2.46. The molecule has 0 aromatic heterocycles. The molecule has 112 valence electrons. The number of hydrogen-bond acceptors (Lipinski definition) is 3. The normalized spacial score (nSPS) is 11.3. The van der Waals surface area contributed by atoms with Crippen LogP contribution in [-0.2, 0) is 9.05 Å². The molecule has 1 rings (SSSR count). The first kappa shape index (κ1) is 16.9. The summed E-state index contributed by atoms with van der Waals surface area (Å²) in [7, 11) is 1.18.